The second kappa shape index (κ2) is 8.96. The van der Waals surface area contributed by atoms with Crippen LogP contribution in [0.2, 0.25) is 0 Å². The molecule has 1 N–H and O–H groups in total. The van der Waals surface area contributed by atoms with Gasteiger partial charge in [0, 0.05) is 33.3 Å². The van der Waals surface area contributed by atoms with Crippen LogP contribution < -0.4 is 5.32 Å². The van der Waals surface area contributed by atoms with Gasteiger partial charge in [-0.25, -0.2) is 15.0 Å². The van der Waals surface area contributed by atoms with Gasteiger partial charge in [0.05, 0.1) is 11.4 Å². The first-order chi connectivity index (χ1) is 16.0. The van der Waals surface area contributed by atoms with Crippen LogP contribution in [-0.4, -0.2) is 15.0 Å². The van der Waals surface area contributed by atoms with Gasteiger partial charge in [-0.3, -0.25) is 0 Å². The smallest absolute Gasteiger partial charge is 0.134 e. The van der Waals surface area contributed by atoms with E-state index in [1.807, 2.05) is 31.2 Å². The third kappa shape index (κ3) is 4.69. The molecule has 4 nitrogen and oxygen atoms in total. The van der Waals surface area contributed by atoms with Gasteiger partial charge in [-0.2, -0.15) is 0 Å². The van der Waals surface area contributed by atoms with Crippen LogP contribution in [0.5, 0.6) is 0 Å². The van der Waals surface area contributed by atoms with Gasteiger partial charge >= 0.3 is 0 Å². The van der Waals surface area contributed by atoms with Crippen LogP contribution in [0.15, 0.2) is 84.9 Å². The molecule has 0 aliphatic rings. The second-order valence-electron chi connectivity index (χ2n) is 8.04. The maximum atomic E-state index is 4.90. The molecular formula is C28H24N4S. The number of benzene rings is 3. The molecule has 2 heterocycles. The molecule has 0 saturated carbocycles. The minimum Gasteiger partial charge on any atom is -0.340 e. The van der Waals surface area contributed by atoms with Crippen LogP contribution in [0, 0.1) is 20.8 Å². The summed E-state index contributed by atoms with van der Waals surface area (Å²) in [6.45, 7) is 6.13. The van der Waals surface area contributed by atoms with Gasteiger partial charge in [0.25, 0.3) is 0 Å². The summed E-state index contributed by atoms with van der Waals surface area (Å²) in [5.74, 6) is 1.51. The Bertz CT molecular complexity index is 1390. The molecule has 0 unspecified atom stereocenters. The van der Waals surface area contributed by atoms with Gasteiger partial charge in [-0.05, 0) is 32.9 Å². The molecule has 2 aromatic heterocycles. The van der Waals surface area contributed by atoms with E-state index in [0.29, 0.717) is 0 Å². The summed E-state index contributed by atoms with van der Waals surface area (Å²) >= 11 is 1.73. The van der Waals surface area contributed by atoms with Crippen molar-refractivity contribution in [1.82, 2.24) is 15.0 Å². The highest BCUT2D eigenvalue weighted by atomic mass is 32.1. The zero-order valence-corrected chi connectivity index (χ0v) is 19.6. The Morgan fingerprint density at radius 2 is 1.36 bits per heavy atom. The molecule has 33 heavy (non-hydrogen) atoms. The summed E-state index contributed by atoms with van der Waals surface area (Å²) in [6, 6.07) is 29.0. The molecule has 0 fully saturated rings. The van der Waals surface area contributed by atoms with E-state index >= 15 is 0 Å². The lowest BCUT2D eigenvalue weighted by atomic mass is 10.1. The Labute approximate surface area is 198 Å². The first-order valence-corrected chi connectivity index (χ1v) is 11.7. The number of nitrogens with one attached hydrogen (secondary N) is 1. The zero-order chi connectivity index (χ0) is 22.8. The number of aromatic nitrogens is 3. The van der Waals surface area contributed by atoms with Crippen LogP contribution in [0.25, 0.3) is 33.1 Å². The highest BCUT2D eigenvalue weighted by Crippen LogP contribution is 2.34. The number of aryl methyl sites for hydroxylation is 3. The van der Waals surface area contributed by atoms with Crippen LogP contribution >= 0.6 is 11.3 Å². The predicted octanol–water partition coefficient (Wildman–Crippen LogP) is 7.60. The van der Waals surface area contributed by atoms with Gasteiger partial charge in [-0.1, -0.05) is 72.3 Å². The van der Waals surface area contributed by atoms with Crippen molar-refractivity contribution in [3.63, 3.8) is 0 Å². The van der Waals surface area contributed by atoms with E-state index in [-0.39, 0.29) is 0 Å². The molecule has 0 bridgehead atoms. The van der Waals surface area contributed by atoms with Crippen molar-refractivity contribution in [1.29, 1.82) is 0 Å². The van der Waals surface area contributed by atoms with E-state index in [9.17, 15) is 0 Å². The van der Waals surface area contributed by atoms with E-state index in [1.54, 1.807) is 11.3 Å². The molecule has 162 valence electrons. The van der Waals surface area contributed by atoms with Crippen LogP contribution in [0.1, 0.15) is 16.3 Å². The fourth-order valence-electron chi connectivity index (χ4n) is 3.73. The lowest BCUT2D eigenvalue weighted by molar-refractivity contribution is 1.06. The van der Waals surface area contributed by atoms with E-state index in [0.717, 1.165) is 50.4 Å². The summed E-state index contributed by atoms with van der Waals surface area (Å²) in [5.41, 5.74) is 7.49. The standard InChI is InChI=1S/C28H24N4S/c1-18-9-11-21(12-10-18)25-17-26(30-20(3)29-25)31-24-15-13-22(14-16-24)27-19(2)33-28(32-27)23-7-5-4-6-8-23/h4-17H,1-3H3,(H,29,30,31). The molecule has 0 saturated heterocycles. The summed E-state index contributed by atoms with van der Waals surface area (Å²) in [6.07, 6.45) is 0. The third-order valence-corrected chi connectivity index (χ3v) is 6.45. The lowest BCUT2D eigenvalue weighted by Crippen LogP contribution is -1.99. The molecule has 0 spiro atoms. The molecular weight excluding hydrogens is 424 g/mol. The first-order valence-electron chi connectivity index (χ1n) is 10.9. The topological polar surface area (TPSA) is 50.7 Å². The highest BCUT2D eigenvalue weighted by Gasteiger charge is 2.12. The average Bonchev–Trinajstić information content (AvgIpc) is 3.22. The normalized spacial score (nSPS) is 10.9. The van der Waals surface area contributed by atoms with Crippen molar-refractivity contribution in [2.75, 3.05) is 5.32 Å². The Balaban J connectivity index is 1.38. The van der Waals surface area contributed by atoms with Crippen molar-refractivity contribution in [2.45, 2.75) is 20.8 Å². The van der Waals surface area contributed by atoms with Gasteiger partial charge in [0.2, 0.25) is 0 Å². The first kappa shape index (κ1) is 21.0. The number of hydrogen-bond acceptors (Lipinski definition) is 5. The monoisotopic (exact) mass is 448 g/mol. The van der Waals surface area contributed by atoms with Gasteiger partial charge in [0.1, 0.15) is 16.6 Å². The minimum absolute atomic E-state index is 0.735. The molecule has 0 radical (unpaired) electrons. The predicted molar refractivity (Wildman–Crippen MR) is 138 cm³/mol. The zero-order valence-electron chi connectivity index (χ0n) is 18.8. The number of rotatable bonds is 5. The van der Waals surface area contributed by atoms with E-state index in [1.165, 1.54) is 10.4 Å². The molecule has 5 heteroatoms. The fourth-order valence-corrected chi connectivity index (χ4v) is 4.67. The molecule has 0 amide bonds. The molecule has 3 aromatic carbocycles. The minimum atomic E-state index is 0.735. The number of hydrogen-bond donors (Lipinski definition) is 1. The van der Waals surface area contributed by atoms with Crippen LogP contribution in [0.3, 0.4) is 0 Å². The molecule has 5 aromatic rings. The SMILES string of the molecule is Cc1ccc(-c2cc(Nc3ccc(-c4nc(-c5ccccc5)sc4C)cc3)nc(C)n2)cc1. The Hall–Kier alpha value is -3.83. The van der Waals surface area contributed by atoms with Gasteiger partial charge in [0.15, 0.2) is 0 Å². The second-order valence-corrected chi connectivity index (χ2v) is 9.25. The number of thiazole rings is 1. The number of nitrogens with zero attached hydrogens (tertiary/aromatic N) is 3. The van der Waals surface area contributed by atoms with Crippen molar-refractivity contribution >= 4 is 22.8 Å². The van der Waals surface area contributed by atoms with Crippen molar-refractivity contribution in [3.05, 3.63) is 101 Å². The molecule has 0 aliphatic heterocycles. The summed E-state index contributed by atoms with van der Waals surface area (Å²) in [5, 5.41) is 4.47. The summed E-state index contributed by atoms with van der Waals surface area (Å²) in [7, 11) is 0. The Morgan fingerprint density at radius 1 is 0.667 bits per heavy atom. The fraction of sp³-hybridized carbons (Fsp3) is 0.107. The Morgan fingerprint density at radius 3 is 2.09 bits per heavy atom. The third-order valence-electron chi connectivity index (χ3n) is 5.43. The van der Waals surface area contributed by atoms with Gasteiger partial charge in [-0.15, -0.1) is 11.3 Å². The van der Waals surface area contributed by atoms with Crippen LogP contribution in [0.4, 0.5) is 11.5 Å². The van der Waals surface area contributed by atoms with E-state index in [4.69, 9.17) is 4.98 Å². The largest absolute Gasteiger partial charge is 0.340 e. The maximum Gasteiger partial charge on any atom is 0.134 e. The van der Waals surface area contributed by atoms with Crippen molar-refractivity contribution in [2.24, 2.45) is 0 Å². The summed E-state index contributed by atoms with van der Waals surface area (Å²) < 4.78 is 0. The van der Waals surface area contributed by atoms with E-state index in [2.05, 4.69) is 89.8 Å². The lowest BCUT2D eigenvalue weighted by Gasteiger charge is -2.10. The molecule has 5 rings (SSSR count). The van der Waals surface area contributed by atoms with Gasteiger partial charge < -0.3 is 5.32 Å². The van der Waals surface area contributed by atoms with Crippen molar-refractivity contribution in [3.8, 4) is 33.1 Å². The Kier molecular flexibility index (Phi) is 5.71. The average molecular weight is 449 g/mol. The molecule has 0 aliphatic carbocycles. The quantitative estimate of drug-likeness (QED) is 0.301. The highest BCUT2D eigenvalue weighted by molar-refractivity contribution is 7.15. The van der Waals surface area contributed by atoms with Crippen molar-refractivity contribution < 1.29 is 0 Å². The number of anilines is 2. The van der Waals surface area contributed by atoms with Crippen LogP contribution in [-0.2, 0) is 0 Å². The maximum absolute atomic E-state index is 4.90. The molecule has 0 atom stereocenters. The summed E-state index contributed by atoms with van der Waals surface area (Å²) in [4.78, 5) is 15.3. The van der Waals surface area contributed by atoms with E-state index < -0.39 is 0 Å².